The van der Waals surface area contributed by atoms with Gasteiger partial charge in [0.15, 0.2) is 0 Å². The maximum atomic E-state index is 13.3. The van der Waals surface area contributed by atoms with Crippen molar-refractivity contribution in [2.75, 3.05) is 0 Å². The Hall–Kier alpha value is -3.79. The largest absolute Gasteiger partial charge is 0.345 e. The van der Waals surface area contributed by atoms with E-state index >= 15 is 0 Å². The number of carbonyl (C=O) groups is 1. The van der Waals surface area contributed by atoms with Crippen LogP contribution in [-0.4, -0.2) is 15.9 Å². The van der Waals surface area contributed by atoms with E-state index in [9.17, 15) is 4.79 Å². The third-order valence-electron chi connectivity index (χ3n) is 7.23. The monoisotopic (exact) mass is 489 g/mol. The molecule has 1 atom stereocenters. The summed E-state index contributed by atoms with van der Waals surface area (Å²) >= 11 is 0. The van der Waals surface area contributed by atoms with Crippen molar-refractivity contribution in [1.82, 2.24) is 15.3 Å². The molecule has 0 fully saturated rings. The molecule has 1 aliphatic carbocycles. The van der Waals surface area contributed by atoms with Crippen LogP contribution in [0.25, 0.3) is 22.3 Å². The smallest absolute Gasteiger partial charge is 0.251 e. The van der Waals surface area contributed by atoms with Gasteiger partial charge in [-0.25, -0.2) is 9.97 Å². The SMILES string of the molecule is C=C(C)CCCCc1nc2cc(C(=O)NC3CCCc4cc(C)ccc43)ccc2nc1-c1ccccc1. The van der Waals surface area contributed by atoms with E-state index < -0.39 is 0 Å². The zero-order chi connectivity index (χ0) is 25.8. The van der Waals surface area contributed by atoms with Crippen molar-refractivity contribution < 1.29 is 4.79 Å². The molecule has 0 spiro atoms. The molecule has 1 N–H and O–H groups in total. The number of aryl methyl sites for hydroxylation is 3. The molecular formula is C33H35N3O. The Bertz CT molecular complexity index is 1440. The van der Waals surface area contributed by atoms with Crippen molar-refractivity contribution in [3.8, 4) is 11.3 Å². The normalized spacial score (nSPS) is 14.8. The fourth-order valence-corrected chi connectivity index (χ4v) is 5.29. The van der Waals surface area contributed by atoms with Gasteiger partial charge in [0.25, 0.3) is 5.91 Å². The van der Waals surface area contributed by atoms with Crippen molar-refractivity contribution in [2.45, 2.75) is 64.8 Å². The highest BCUT2D eigenvalue weighted by atomic mass is 16.1. The Balaban J connectivity index is 1.42. The molecule has 1 aliphatic rings. The Kier molecular flexibility index (Phi) is 7.45. The van der Waals surface area contributed by atoms with Gasteiger partial charge in [0.1, 0.15) is 0 Å². The third kappa shape index (κ3) is 5.80. The number of carbonyl (C=O) groups excluding carboxylic acids is 1. The molecule has 1 heterocycles. The van der Waals surface area contributed by atoms with Crippen LogP contribution in [-0.2, 0) is 12.8 Å². The summed E-state index contributed by atoms with van der Waals surface area (Å²) in [5.74, 6) is -0.0581. The lowest BCUT2D eigenvalue weighted by Crippen LogP contribution is -2.31. The summed E-state index contributed by atoms with van der Waals surface area (Å²) < 4.78 is 0. The number of benzene rings is 3. The van der Waals surface area contributed by atoms with Gasteiger partial charge in [-0.2, -0.15) is 0 Å². The lowest BCUT2D eigenvalue weighted by Gasteiger charge is -2.27. The molecule has 4 aromatic rings. The quantitative estimate of drug-likeness (QED) is 0.204. The van der Waals surface area contributed by atoms with Crippen LogP contribution in [0, 0.1) is 6.92 Å². The van der Waals surface area contributed by atoms with E-state index in [4.69, 9.17) is 9.97 Å². The van der Waals surface area contributed by atoms with E-state index in [0.717, 1.165) is 72.9 Å². The van der Waals surface area contributed by atoms with E-state index in [0.29, 0.717) is 5.56 Å². The topological polar surface area (TPSA) is 54.9 Å². The molecule has 0 aliphatic heterocycles. The van der Waals surface area contributed by atoms with Crippen molar-refractivity contribution >= 4 is 16.9 Å². The van der Waals surface area contributed by atoms with Crippen LogP contribution in [0.2, 0.25) is 0 Å². The fourth-order valence-electron chi connectivity index (χ4n) is 5.29. The fraction of sp³-hybridized carbons (Fsp3) is 0.303. The van der Waals surface area contributed by atoms with Crippen LogP contribution in [0.4, 0.5) is 0 Å². The summed E-state index contributed by atoms with van der Waals surface area (Å²) in [6.45, 7) is 8.22. The van der Waals surface area contributed by atoms with Crippen LogP contribution in [0.1, 0.15) is 77.8 Å². The van der Waals surface area contributed by atoms with Gasteiger partial charge in [0, 0.05) is 11.1 Å². The second-order valence-electron chi connectivity index (χ2n) is 10.4. The first kappa shape index (κ1) is 24.9. The second kappa shape index (κ2) is 11.1. The van der Waals surface area contributed by atoms with E-state index in [-0.39, 0.29) is 11.9 Å². The van der Waals surface area contributed by atoms with Crippen molar-refractivity contribution in [3.05, 3.63) is 107 Å². The first-order valence-corrected chi connectivity index (χ1v) is 13.4. The van der Waals surface area contributed by atoms with Gasteiger partial charge < -0.3 is 5.32 Å². The maximum absolute atomic E-state index is 13.3. The van der Waals surface area contributed by atoms with Gasteiger partial charge in [-0.3, -0.25) is 4.79 Å². The zero-order valence-electron chi connectivity index (χ0n) is 21.9. The molecule has 0 radical (unpaired) electrons. The van der Waals surface area contributed by atoms with Gasteiger partial charge in [-0.05, 0) is 88.1 Å². The summed E-state index contributed by atoms with van der Waals surface area (Å²) in [5.41, 5.74) is 10.2. The molecule has 3 aromatic carbocycles. The van der Waals surface area contributed by atoms with E-state index in [1.54, 1.807) is 0 Å². The van der Waals surface area contributed by atoms with Gasteiger partial charge >= 0.3 is 0 Å². The molecule has 0 bridgehead atoms. The third-order valence-corrected chi connectivity index (χ3v) is 7.23. The summed E-state index contributed by atoms with van der Waals surface area (Å²) in [4.78, 5) is 23.4. The van der Waals surface area contributed by atoms with Crippen LogP contribution < -0.4 is 5.32 Å². The van der Waals surface area contributed by atoms with Crippen molar-refractivity contribution in [3.63, 3.8) is 0 Å². The van der Waals surface area contributed by atoms with Gasteiger partial charge in [0.05, 0.1) is 28.5 Å². The number of fused-ring (bicyclic) bond motifs is 2. The predicted octanol–water partition coefficient (Wildman–Crippen LogP) is 7.70. The molecule has 37 heavy (non-hydrogen) atoms. The minimum atomic E-state index is -0.0581. The van der Waals surface area contributed by atoms with Gasteiger partial charge in [0.2, 0.25) is 0 Å². The van der Waals surface area contributed by atoms with Gasteiger partial charge in [-0.1, -0.05) is 59.7 Å². The van der Waals surface area contributed by atoms with Crippen LogP contribution in [0.15, 0.2) is 78.9 Å². The number of allylic oxidation sites excluding steroid dienone is 1. The highest BCUT2D eigenvalue weighted by Crippen LogP contribution is 2.31. The standard InChI is InChI=1S/C33H35N3O/c1-22(2)10-7-8-14-30-32(24-11-5-4-6-12-24)35-29-19-17-26(21-31(29)34-30)33(37)36-28-15-9-13-25-20-23(3)16-18-27(25)28/h4-6,11-12,16-21,28H,1,7-10,13-15H2,2-3H3,(H,36,37). The number of hydrogen-bond acceptors (Lipinski definition) is 3. The molecular weight excluding hydrogens is 454 g/mol. The van der Waals surface area contributed by atoms with Crippen molar-refractivity contribution in [2.24, 2.45) is 0 Å². The number of hydrogen-bond donors (Lipinski definition) is 1. The summed E-state index contributed by atoms with van der Waals surface area (Å²) in [5, 5.41) is 3.28. The summed E-state index contributed by atoms with van der Waals surface area (Å²) in [6.07, 6.45) is 7.09. The Labute approximate surface area is 219 Å². The predicted molar refractivity (Wildman–Crippen MR) is 152 cm³/mol. The molecule has 1 aromatic heterocycles. The Morgan fingerprint density at radius 2 is 1.84 bits per heavy atom. The molecule has 4 heteroatoms. The van der Waals surface area contributed by atoms with E-state index in [1.807, 2.05) is 36.4 Å². The van der Waals surface area contributed by atoms with Crippen LogP contribution in [0.3, 0.4) is 0 Å². The summed E-state index contributed by atoms with van der Waals surface area (Å²) in [6, 6.07) is 22.5. The molecule has 4 nitrogen and oxygen atoms in total. The lowest BCUT2D eigenvalue weighted by atomic mass is 9.86. The molecule has 1 amide bonds. The number of aromatic nitrogens is 2. The van der Waals surface area contributed by atoms with Crippen LogP contribution in [0.5, 0.6) is 0 Å². The molecule has 0 saturated heterocycles. The first-order valence-electron chi connectivity index (χ1n) is 13.4. The number of nitrogens with one attached hydrogen (secondary N) is 1. The first-order chi connectivity index (χ1) is 18.0. The van der Waals surface area contributed by atoms with E-state index in [2.05, 4.69) is 56.1 Å². The Morgan fingerprint density at radius 1 is 1.00 bits per heavy atom. The second-order valence-corrected chi connectivity index (χ2v) is 10.4. The maximum Gasteiger partial charge on any atom is 0.251 e. The van der Waals surface area contributed by atoms with E-state index in [1.165, 1.54) is 22.3 Å². The van der Waals surface area contributed by atoms with Gasteiger partial charge in [-0.15, -0.1) is 6.58 Å². The average molecular weight is 490 g/mol. The summed E-state index contributed by atoms with van der Waals surface area (Å²) in [7, 11) is 0. The lowest BCUT2D eigenvalue weighted by molar-refractivity contribution is 0.0933. The highest BCUT2D eigenvalue weighted by Gasteiger charge is 2.23. The number of nitrogens with zero attached hydrogens (tertiary/aromatic N) is 2. The minimum absolute atomic E-state index is 0.0444. The number of unbranched alkanes of at least 4 members (excludes halogenated alkanes) is 1. The number of amides is 1. The Morgan fingerprint density at radius 3 is 2.65 bits per heavy atom. The molecule has 1 unspecified atom stereocenters. The highest BCUT2D eigenvalue weighted by molar-refractivity contribution is 5.97. The van der Waals surface area contributed by atoms with Crippen molar-refractivity contribution in [1.29, 1.82) is 0 Å². The number of rotatable bonds is 8. The zero-order valence-corrected chi connectivity index (χ0v) is 21.9. The molecule has 0 saturated carbocycles. The minimum Gasteiger partial charge on any atom is -0.345 e. The average Bonchev–Trinajstić information content (AvgIpc) is 2.90. The molecule has 188 valence electrons. The van der Waals surface area contributed by atoms with Crippen LogP contribution >= 0.6 is 0 Å². The molecule has 5 rings (SSSR count).